The molecule has 2 heterocycles. The third-order valence-electron chi connectivity index (χ3n) is 4.39. The van der Waals surface area contributed by atoms with Gasteiger partial charge in [0.05, 0.1) is 11.7 Å². The van der Waals surface area contributed by atoms with Gasteiger partial charge in [0.15, 0.2) is 0 Å². The Labute approximate surface area is 163 Å². The van der Waals surface area contributed by atoms with Crippen molar-refractivity contribution in [3.63, 3.8) is 0 Å². The highest BCUT2D eigenvalue weighted by molar-refractivity contribution is 7.78. The molecule has 0 aliphatic carbocycles. The minimum Gasteiger partial charge on any atom is -0.354 e. The lowest BCUT2D eigenvalue weighted by Gasteiger charge is -2.15. The molecule has 0 bridgehead atoms. The second-order valence-corrected chi connectivity index (χ2v) is 6.54. The van der Waals surface area contributed by atoms with E-state index in [0.717, 1.165) is 6.07 Å². The number of epoxide rings is 1. The van der Waals surface area contributed by atoms with Gasteiger partial charge in [0.2, 0.25) is 0 Å². The summed E-state index contributed by atoms with van der Waals surface area (Å²) in [6.07, 6.45) is 0.757. The van der Waals surface area contributed by atoms with Gasteiger partial charge in [0, 0.05) is 22.2 Å². The van der Waals surface area contributed by atoms with Crippen molar-refractivity contribution in [1.29, 1.82) is 0 Å². The van der Waals surface area contributed by atoms with Crippen LogP contribution in [0.2, 0.25) is 5.02 Å². The normalized spacial score (nSPS) is 20.9. The smallest absolute Gasteiger partial charge is 0.257 e. The van der Waals surface area contributed by atoms with Crippen molar-refractivity contribution < 1.29 is 13.5 Å². The molecule has 3 aromatic rings. The van der Waals surface area contributed by atoms with Crippen LogP contribution in [0.1, 0.15) is 17.2 Å². The lowest BCUT2D eigenvalue weighted by molar-refractivity contribution is 0.257. The van der Waals surface area contributed by atoms with Crippen LogP contribution < -0.4 is 0 Å². The average molecular weight is 405 g/mol. The molecule has 136 valence electrons. The van der Waals surface area contributed by atoms with Crippen molar-refractivity contribution in [2.24, 2.45) is 4.99 Å². The van der Waals surface area contributed by atoms with E-state index >= 15 is 0 Å². The summed E-state index contributed by atoms with van der Waals surface area (Å²) in [6.45, 7) is 0.0846. The van der Waals surface area contributed by atoms with Gasteiger partial charge in [-0.1, -0.05) is 35.9 Å². The first-order chi connectivity index (χ1) is 13.0. The maximum Gasteiger partial charge on any atom is 0.257 e. The minimum atomic E-state index is -1.14. The number of thiocarbonyl (C=S) groups is 1. The van der Waals surface area contributed by atoms with Crippen LogP contribution in [0.15, 0.2) is 53.8 Å². The molecule has 1 aliphatic rings. The first-order valence-corrected chi connectivity index (χ1v) is 8.67. The van der Waals surface area contributed by atoms with E-state index in [9.17, 15) is 8.78 Å². The zero-order chi connectivity index (χ0) is 19.0. The molecule has 1 saturated heterocycles. The van der Waals surface area contributed by atoms with Crippen LogP contribution >= 0.6 is 23.8 Å². The van der Waals surface area contributed by atoms with Gasteiger partial charge in [0.25, 0.3) is 5.95 Å². The number of benzene rings is 2. The van der Waals surface area contributed by atoms with Crippen molar-refractivity contribution >= 4 is 34.9 Å². The molecule has 2 unspecified atom stereocenters. The van der Waals surface area contributed by atoms with Gasteiger partial charge in [-0.15, -0.1) is 0 Å². The summed E-state index contributed by atoms with van der Waals surface area (Å²) in [4.78, 5) is 7.83. The van der Waals surface area contributed by atoms with Gasteiger partial charge < -0.3 is 4.74 Å². The Morgan fingerprint density at radius 1 is 1.30 bits per heavy atom. The fourth-order valence-electron chi connectivity index (χ4n) is 3.14. The SMILES string of the molecule is Fc1ccc(C2(Cn3ncnc3N=C=S)OC2c2ccccc2Cl)c(F)c1. The summed E-state index contributed by atoms with van der Waals surface area (Å²) in [5.74, 6) is -1.18. The molecule has 1 aromatic heterocycles. The van der Waals surface area contributed by atoms with E-state index < -0.39 is 23.3 Å². The van der Waals surface area contributed by atoms with E-state index in [1.165, 1.54) is 23.1 Å². The number of ether oxygens (including phenoxy) is 1. The summed E-state index contributed by atoms with van der Waals surface area (Å²) < 4.78 is 35.4. The molecule has 0 saturated carbocycles. The number of aliphatic imine (C=N–C) groups is 1. The highest BCUT2D eigenvalue weighted by Gasteiger charge is 2.61. The number of isothiocyanates is 1. The number of hydrogen-bond donors (Lipinski definition) is 0. The Morgan fingerprint density at radius 2 is 2.11 bits per heavy atom. The Kier molecular flexibility index (Phi) is 4.57. The van der Waals surface area contributed by atoms with Crippen molar-refractivity contribution in [3.05, 3.63) is 76.6 Å². The second-order valence-electron chi connectivity index (χ2n) is 5.95. The van der Waals surface area contributed by atoms with Gasteiger partial charge in [0.1, 0.15) is 29.7 Å². The molecule has 0 N–H and O–H groups in total. The summed E-state index contributed by atoms with van der Waals surface area (Å²) >= 11 is 10.9. The molecule has 1 aliphatic heterocycles. The van der Waals surface area contributed by atoms with Gasteiger partial charge in [-0.05, 0) is 24.4 Å². The van der Waals surface area contributed by atoms with E-state index in [0.29, 0.717) is 10.6 Å². The standard InChI is InChI=1S/C18H11ClF2N4OS/c19-14-4-2-1-3-12(14)16-18(26-16,13-6-5-11(20)7-15(13)21)8-25-17(23-10-27)22-9-24-25/h1-7,9,16H,8H2. The molecule has 0 spiro atoms. The minimum absolute atomic E-state index is 0.0846. The average Bonchev–Trinajstić information content (AvgIpc) is 3.18. The molecular weight excluding hydrogens is 394 g/mol. The van der Waals surface area contributed by atoms with E-state index in [2.05, 4.69) is 32.5 Å². The topological polar surface area (TPSA) is 55.6 Å². The fraction of sp³-hybridized carbons (Fsp3) is 0.167. The van der Waals surface area contributed by atoms with Crippen molar-refractivity contribution in [3.8, 4) is 0 Å². The molecule has 5 nitrogen and oxygen atoms in total. The van der Waals surface area contributed by atoms with E-state index in [1.807, 2.05) is 6.07 Å². The predicted octanol–water partition coefficient (Wildman–Crippen LogP) is 4.61. The van der Waals surface area contributed by atoms with Crippen LogP contribution in [0.5, 0.6) is 0 Å². The quantitative estimate of drug-likeness (QED) is 0.354. The Morgan fingerprint density at radius 3 is 2.85 bits per heavy atom. The van der Waals surface area contributed by atoms with Gasteiger partial charge in [-0.25, -0.2) is 13.5 Å². The lowest BCUT2D eigenvalue weighted by atomic mass is 9.91. The molecule has 4 rings (SSSR count). The largest absolute Gasteiger partial charge is 0.354 e. The van der Waals surface area contributed by atoms with Crippen molar-refractivity contribution in [1.82, 2.24) is 14.8 Å². The van der Waals surface area contributed by atoms with E-state index in [1.54, 1.807) is 18.2 Å². The number of halogens is 3. The maximum atomic E-state index is 14.6. The summed E-state index contributed by atoms with van der Waals surface area (Å²) in [7, 11) is 0. The van der Waals surface area contributed by atoms with Crippen LogP contribution in [-0.4, -0.2) is 19.9 Å². The molecule has 2 atom stereocenters. The molecule has 9 heteroatoms. The Hall–Kier alpha value is -2.51. The monoisotopic (exact) mass is 404 g/mol. The zero-order valence-corrected chi connectivity index (χ0v) is 15.2. The molecular formula is C18H11ClF2N4OS. The highest BCUT2D eigenvalue weighted by Crippen LogP contribution is 2.59. The predicted molar refractivity (Wildman–Crippen MR) is 98.0 cm³/mol. The number of nitrogens with zero attached hydrogens (tertiary/aromatic N) is 4. The second kappa shape index (κ2) is 6.90. The van der Waals surface area contributed by atoms with Crippen LogP contribution in [0.25, 0.3) is 0 Å². The number of hydrogen-bond acceptors (Lipinski definition) is 5. The van der Waals surface area contributed by atoms with Gasteiger partial charge in [-0.2, -0.15) is 15.1 Å². The first kappa shape index (κ1) is 17.9. The van der Waals surface area contributed by atoms with Gasteiger partial charge >= 0.3 is 0 Å². The summed E-state index contributed by atoms with van der Waals surface area (Å²) in [5, 5.41) is 6.81. The van der Waals surface area contributed by atoms with Gasteiger partial charge in [-0.3, -0.25) is 0 Å². The highest BCUT2D eigenvalue weighted by atomic mass is 35.5. The fourth-order valence-corrected chi connectivity index (χ4v) is 3.46. The molecule has 27 heavy (non-hydrogen) atoms. The van der Waals surface area contributed by atoms with Crippen LogP contribution in [0.4, 0.5) is 14.7 Å². The summed E-state index contributed by atoms with van der Waals surface area (Å²) in [6, 6.07) is 10.5. The van der Waals surface area contributed by atoms with Crippen LogP contribution in [0.3, 0.4) is 0 Å². The lowest BCUT2D eigenvalue weighted by Crippen LogP contribution is -2.21. The van der Waals surface area contributed by atoms with Crippen molar-refractivity contribution in [2.45, 2.75) is 18.2 Å². The van der Waals surface area contributed by atoms with Crippen molar-refractivity contribution in [2.75, 3.05) is 0 Å². The maximum absolute atomic E-state index is 14.6. The summed E-state index contributed by atoms with van der Waals surface area (Å²) in [5.41, 5.74) is -0.244. The molecule has 0 radical (unpaired) electrons. The zero-order valence-electron chi connectivity index (χ0n) is 13.6. The van der Waals surface area contributed by atoms with Crippen LogP contribution in [-0.2, 0) is 16.9 Å². The van der Waals surface area contributed by atoms with E-state index in [4.69, 9.17) is 16.3 Å². The molecule has 2 aromatic carbocycles. The van der Waals surface area contributed by atoms with E-state index in [-0.39, 0.29) is 18.1 Å². The Balaban J connectivity index is 1.81. The van der Waals surface area contributed by atoms with Crippen LogP contribution in [0, 0.1) is 11.6 Å². The third-order valence-corrected chi connectivity index (χ3v) is 4.83. The number of rotatable bonds is 5. The third kappa shape index (κ3) is 3.17. The molecule has 1 fully saturated rings. The first-order valence-electron chi connectivity index (χ1n) is 7.88. The Bertz CT molecular complexity index is 1070. The number of aromatic nitrogens is 3. The molecule has 0 amide bonds.